The molecule has 1 fully saturated rings. The Bertz CT molecular complexity index is 404. The quantitative estimate of drug-likeness (QED) is 0.746. The monoisotopic (exact) mass is 292 g/mol. The minimum Gasteiger partial charge on any atom is -0.497 e. The van der Waals surface area contributed by atoms with Crippen LogP contribution < -0.4 is 9.64 Å². The van der Waals surface area contributed by atoms with E-state index in [1.807, 2.05) is 6.07 Å². The Hall–Kier alpha value is -1.26. The number of methoxy groups -OCH3 is 1. The second-order valence-corrected chi connectivity index (χ2v) is 5.67. The van der Waals surface area contributed by atoms with Gasteiger partial charge in [-0.3, -0.25) is 4.90 Å². The number of hydrogen-bond acceptors (Lipinski definition) is 4. The highest BCUT2D eigenvalue weighted by atomic mass is 16.5. The van der Waals surface area contributed by atoms with Crippen LogP contribution in [-0.2, 0) is 0 Å². The van der Waals surface area contributed by atoms with Crippen LogP contribution >= 0.6 is 0 Å². The molecule has 1 aromatic rings. The van der Waals surface area contributed by atoms with Gasteiger partial charge in [0.2, 0.25) is 0 Å². The van der Waals surface area contributed by atoms with Crippen LogP contribution in [0.15, 0.2) is 24.3 Å². The summed E-state index contributed by atoms with van der Waals surface area (Å²) in [6.45, 7) is 5.97. The first-order valence-corrected chi connectivity index (χ1v) is 8.05. The number of benzene rings is 1. The molecule has 4 heteroatoms. The minimum absolute atomic E-state index is 0.333. The van der Waals surface area contributed by atoms with Gasteiger partial charge in [0.1, 0.15) is 5.75 Å². The van der Waals surface area contributed by atoms with Gasteiger partial charge in [-0.15, -0.1) is 0 Å². The third-order valence-corrected chi connectivity index (χ3v) is 4.17. The molecule has 21 heavy (non-hydrogen) atoms. The van der Waals surface area contributed by atoms with Crippen LogP contribution in [0.3, 0.4) is 0 Å². The Labute approximate surface area is 128 Å². The number of aliphatic hydroxyl groups is 1. The minimum atomic E-state index is 0.333. The smallest absolute Gasteiger partial charge is 0.120 e. The van der Waals surface area contributed by atoms with Gasteiger partial charge in [0, 0.05) is 44.5 Å². The molecule has 4 nitrogen and oxygen atoms in total. The summed E-state index contributed by atoms with van der Waals surface area (Å²) in [5.41, 5.74) is 1.26. The lowest BCUT2D eigenvalue weighted by Gasteiger charge is -2.36. The topological polar surface area (TPSA) is 35.9 Å². The van der Waals surface area contributed by atoms with Gasteiger partial charge in [-0.05, 0) is 31.5 Å². The van der Waals surface area contributed by atoms with Crippen molar-refractivity contribution < 1.29 is 9.84 Å². The van der Waals surface area contributed by atoms with Crippen molar-refractivity contribution in [3.8, 4) is 5.75 Å². The normalized spacial score (nSPS) is 16.2. The molecule has 0 bridgehead atoms. The van der Waals surface area contributed by atoms with Gasteiger partial charge in [-0.1, -0.05) is 18.9 Å². The van der Waals surface area contributed by atoms with Crippen molar-refractivity contribution in [3.63, 3.8) is 0 Å². The number of ether oxygens (including phenoxy) is 1. The highest BCUT2D eigenvalue weighted by molar-refractivity contribution is 5.51. The van der Waals surface area contributed by atoms with E-state index in [1.54, 1.807) is 7.11 Å². The fourth-order valence-electron chi connectivity index (χ4n) is 2.84. The van der Waals surface area contributed by atoms with E-state index in [9.17, 15) is 0 Å². The van der Waals surface area contributed by atoms with Crippen molar-refractivity contribution in [1.29, 1.82) is 0 Å². The molecule has 1 aromatic carbocycles. The molecule has 1 aliphatic heterocycles. The second kappa shape index (κ2) is 8.90. The summed E-state index contributed by atoms with van der Waals surface area (Å²) in [7, 11) is 1.72. The van der Waals surface area contributed by atoms with Gasteiger partial charge in [0.15, 0.2) is 0 Å². The molecule has 1 N–H and O–H groups in total. The van der Waals surface area contributed by atoms with Crippen molar-refractivity contribution >= 4 is 5.69 Å². The van der Waals surface area contributed by atoms with Gasteiger partial charge in [-0.2, -0.15) is 0 Å². The molecule has 0 spiro atoms. The molecule has 0 amide bonds. The zero-order valence-electron chi connectivity index (χ0n) is 13.1. The Kier molecular flexibility index (Phi) is 6.83. The third-order valence-electron chi connectivity index (χ3n) is 4.17. The van der Waals surface area contributed by atoms with Crippen molar-refractivity contribution in [3.05, 3.63) is 24.3 Å². The molecular weight excluding hydrogens is 264 g/mol. The zero-order chi connectivity index (χ0) is 14.9. The summed E-state index contributed by atoms with van der Waals surface area (Å²) in [4.78, 5) is 4.99. The van der Waals surface area contributed by atoms with Crippen molar-refractivity contribution in [2.24, 2.45) is 0 Å². The first kappa shape index (κ1) is 16.1. The van der Waals surface area contributed by atoms with Gasteiger partial charge < -0.3 is 14.7 Å². The molecule has 0 aliphatic carbocycles. The van der Waals surface area contributed by atoms with Crippen LogP contribution in [-0.4, -0.2) is 56.4 Å². The lowest BCUT2D eigenvalue weighted by atomic mass is 10.2. The molecule has 0 aromatic heterocycles. The molecule has 1 saturated heterocycles. The molecule has 1 aliphatic rings. The van der Waals surface area contributed by atoms with E-state index in [4.69, 9.17) is 9.84 Å². The second-order valence-electron chi connectivity index (χ2n) is 5.67. The third kappa shape index (κ3) is 5.21. The molecule has 0 radical (unpaired) electrons. The van der Waals surface area contributed by atoms with E-state index in [-0.39, 0.29) is 0 Å². The maximum Gasteiger partial charge on any atom is 0.120 e. The molecular formula is C17H28N2O2. The standard InChI is InChI=1S/C17H28N2O2/c1-21-17-8-6-7-16(15-17)19-12-10-18(11-13-19)9-4-2-3-5-14-20/h6-8,15,20H,2-5,9-14H2,1H3. The number of rotatable bonds is 8. The number of nitrogens with zero attached hydrogens (tertiary/aromatic N) is 2. The lowest BCUT2D eigenvalue weighted by Crippen LogP contribution is -2.46. The number of hydrogen-bond donors (Lipinski definition) is 1. The van der Waals surface area contributed by atoms with E-state index in [2.05, 4.69) is 28.0 Å². The molecule has 0 atom stereocenters. The van der Waals surface area contributed by atoms with Gasteiger partial charge in [-0.25, -0.2) is 0 Å². The maximum atomic E-state index is 8.76. The van der Waals surface area contributed by atoms with Crippen LogP contribution in [0.25, 0.3) is 0 Å². The maximum absolute atomic E-state index is 8.76. The molecule has 2 rings (SSSR count). The van der Waals surface area contributed by atoms with Crippen LogP contribution in [0.1, 0.15) is 25.7 Å². The van der Waals surface area contributed by atoms with E-state index >= 15 is 0 Å². The van der Waals surface area contributed by atoms with E-state index in [1.165, 1.54) is 25.1 Å². The summed E-state index contributed by atoms with van der Waals surface area (Å²) in [5, 5.41) is 8.76. The van der Waals surface area contributed by atoms with Gasteiger partial charge in [0.05, 0.1) is 7.11 Å². The summed E-state index contributed by atoms with van der Waals surface area (Å²) < 4.78 is 5.30. The fourth-order valence-corrected chi connectivity index (χ4v) is 2.84. The summed E-state index contributed by atoms with van der Waals surface area (Å²) in [5.74, 6) is 0.929. The largest absolute Gasteiger partial charge is 0.497 e. The summed E-state index contributed by atoms with van der Waals surface area (Å²) in [6.07, 6.45) is 4.58. The molecule has 1 heterocycles. The van der Waals surface area contributed by atoms with E-state index in [0.717, 1.165) is 44.8 Å². The summed E-state index contributed by atoms with van der Waals surface area (Å²) >= 11 is 0. The zero-order valence-corrected chi connectivity index (χ0v) is 13.1. The lowest BCUT2D eigenvalue weighted by molar-refractivity contribution is 0.247. The van der Waals surface area contributed by atoms with Crippen LogP contribution in [0.4, 0.5) is 5.69 Å². The predicted octanol–water partition coefficient (Wildman–Crippen LogP) is 2.37. The van der Waals surface area contributed by atoms with E-state index < -0.39 is 0 Å². The van der Waals surface area contributed by atoms with Crippen LogP contribution in [0.5, 0.6) is 5.75 Å². The number of piperazine rings is 1. The Balaban J connectivity index is 1.70. The number of anilines is 1. The first-order chi connectivity index (χ1) is 10.3. The Morgan fingerprint density at radius 1 is 1.05 bits per heavy atom. The summed E-state index contributed by atoms with van der Waals surface area (Å²) in [6, 6.07) is 8.32. The SMILES string of the molecule is COc1cccc(N2CCN(CCCCCCO)CC2)c1. The van der Waals surface area contributed by atoms with Gasteiger partial charge in [0.25, 0.3) is 0 Å². The first-order valence-electron chi connectivity index (χ1n) is 8.05. The highest BCUT2D eigenvalue weighted by Crippen LogP contribution is 2.22. The molecule has 0 unspecified atom stereocenters. The Morgan fingerprint density at radius 3 is 2.52 bits per heavy atom. The van der Waals surface area contributed by atoms with Crippen LogP contribution in [0.2, 0.25) is 0 Å². The predicted molar refractivity (Wildman–Crippen MR) is 87.2 cm³/mol. The molecule has 118 valence electrons. The Morgan fingerprint density at radius 2 is 1.81 bits per heavy atom. The van der Waals surface area contributed by atoms with Crippen molar-refractivity contribution in [2.75, 3.05) is 51.3 Å². The fraction of sp³-hybridized carbons (Fsp3) is 0.647. The highest BCUT2D eigenvalue weighted by Gasteiger charge is 2.16. The average molecular weight is 292 g/mol. The molecule has 0 saturated carbocycles. The van der Waals surface area contributed by atoms with Crippen LogP contribution in [0, 0.1) is 0 Å². The van der Waals surface area contributed by atoms with Crippen molar-refractivity contribution in [2.45, 2.75) is 25.7 Å². The average Bonchev–Trinajstić information content (AvgIpc) is 2.55. The number of unbranched alkanes of at least 4 members (excludes halogenated alkanes) is 3. The van der Waals surface area contributed by atoms with Gasteiger partial charge >= 0.3 is 0 Å². The van der Waals surface area contributed by atoms with Crippen molar-refractivity contribution in [1.82, 2.24) is 4.90 Å². The van der Waals surface area contributed by atoms with E-state index in [0.29, 0.717) is 6.61 Å². The number of aliphatic hydroxyl groups excluding tert-OH is 1.